The number of carboxylic acids is 1. The largest absolute Gasteiger partial charge is 0.490 e. The van der Waals surface area contributed by atoms with E-state index < -0.39 is 24.1 Å². The second-order valence-corrected chi connectivity index (χ2v) is 6.14. The van der Waals surface area contributed by atoms with Crippen molar-refractivity contribution in [3.05, 3.63) is 29.8 Å². The van der Waals surface area contributed by atoms with Gasteiger partial charge < -0.3 is 15.6 Å². The molecule has 0 bridgehead atoms. The molecule has 0 saturated heterocycles. The zero-order valence-corrected chi connectivity index (χ0v) is 13.1. The van der Waals surface area contributed by atoms with Gasteiger partial charge in [-0.25, -0.2) is 4.39 Å². The highest BCUT2D eigenvalue weighted by Crippen LogP contribution is 2.28. The highest BCUT2D eigenvalue weighted by Gasteiger charge is 2.30. The Morgan fingerprint density at radius 3 is 2.43 bits per heavy atom. The smallest absolute Gasteiger partial charge is 0.306 e. The third kappa shape index (κ3) is 5.03. The van der Waals surface area contributed by atoms with Gasteiger partial charge in [0, 0.05) is 12.8 Å². The molecule has 2 rings (SSSR count). The van der Waals surface area contributed by atoms with Crippen molar-refractivity contribution in [1.82, 2.24) is 0 Å². The van der Waals surface area contributed by atoms with E-state index in [0.717, 1.165) is 5.56 Å². The minimum Gasteiger partial charge on any atom is -0.490 e. The summed E-state index contributed by atoms with van der Waals surface area (Å²) in [4.78, 5) is 22.5. The summed E-state index contributed by atoms with van der Waals surface area (Å²) in [6.07, 6.45) is 0.421. The average Bonchev–Trinajstić information content (AvgIpc) is 2.46. The molecule has 6 heteroatoms. The molecule has 2 atom stereocenters. The summed E-state index contributed by atoms with van der Waals surface area (Å²) in [7, 11) is 0. The lowest BCUT2D eigenvalue weighted by Gasteiger charge is -2.30. The van der Waals surface area contributed by atoms with E-state index in [0.29, 0.717) is 25.0 Å². The summed E-state index contributed by atoms with van der Waals surface area (Å²) in [5.74, 6) is -1.24. The van der Waals surface area contributed by atoms with Crippen LogP contribution in [0, 0.1) is 5.92 Å². The van der Waals surface area contributed by atoms with Crippen molar-refractivity contribution in [1.29, 1.82) is 0 Å². The Hall–Kier alpha value is -1.95. The lowest BCUT2D eigenvalue weighted by atomic mass is 9.91. The van der Waals surface area contributed by atoms with E-state index in [-0.39, 0.29) is 18.3 Å². The molecule has 0 unspecified atom stereocenters. The molecule has 0 radical (unpaired) electrons. The highest BCUT2D eigenvalue weighted by molar-refractivity contribution is 5.82. The third-order valence-corrected chi connectivity index (χ3v) is 4.16. The number of ketones is 1. The normalized spacial score (nSPS) is 22.7. The molecule has 5 nitrogen and oxygen atoms in total. The first-order valence-corrected chi connectivity index (χ1v) is 7.73. The quantitative estimate of drug-likeness (QED) is 0.765. The van der Waals surface area contributed by atoms with Crippen LogP contribution in [0.5, 0.6) is 5.75 Å². The second kappa shape index (κ2) is 7.55. The number of hydrogen-bond acceptors (Lipinski definition) is 4. The van der Waals surface area contributed by atoms with Gasteiger partial charge in [0.15, 0.2) is 0 Å². The number of carbonyl (C=O) groups excluding carboxylic acids is 1. The second-order valence-electron chi connectivity index (χ2n) is 6.14. The maximum atomic E-state index is 12.7. The maximum absolute atomic E-state index is 12.7. The molecule has 0 aliphatic heterocycles. The minimum atomic E-state index is -0.967. The van der Waals surface area contributed by atoms with Gasteiger partial charge in [-0.15, -0.1) is 0 Å². The zero-order valence-electron chi connectivity index (χ0n) is 13.1. The molecule has 1 aliphatic rings. The van der Waals surface area contributed by atoms with Crippen LogP contribution in [-0.2, 0) is 16.0 Å². The summed E-state index contributed by atoms with van der Waals surface area (Å²) >= 11 is 0. The fourth-order valence-electron chi connectivity index (χ4n) is 2.52. The first-order chi connectivity index (χ1) is 10.8. The molecule has 23 heavy (non-hydrogen) atoms. The minimum absolute atomic E-state index is 0.0730. The molecule has 1 aliphatic carbocycles. The van der Waals surface area contributed by atoms with E-state index in [1.165, 1.54) is 6.92 Å². The molecule has 1 saturated carbocycles. The molecule has 1 aromatic rings. The number of nitrogens with two attached hydrogens (primary N) is 1. The topological polar surface area (TPSA) is 89.6 Å². The number of alkyl halides is 1. The van der Waals surface area contributed by atoms with Gasteiger partial charge in [0.25, 0.3) is 0 Å². The van der Waals surface area contributed by atoms with Crippen molar-refractivity contribution in [3.8, 4) is 5.75 Å². The van der Waals surface area contributed by atoms with E-state index in [1.807, 2.05) is 0 Å². The lowest BCUT2D eigenvalue weighted by molar-refractivity contribution is -0.142. The molecular weight excluding hydrogens is 300 g/mol. The Labute approximate surface area is 134 Å². The highest BCUT2D eigenvalue weighted by atomic mass is 18.2. The van der Waals surface area contributed by atoms with Crippen molar-refractivity contribution in [2.24, 2.45) is 11.7 Å². The lowest BCUT2D eigenvalue weighted by Crippen LogP contribution is -2.34. The average molecular weight is 322 g/mol. The summed E-state index contributed by atoms with van der Waals surface area (Å²) in [6.45, 7) is 1.36. The monoisotopic (exact) mass is 322 g/mol. The SMILES string of the molecule is CC(=O)[C@@H](N)C[C@H](Cc1ccc(O[C@H]2C[C@@H]([18F])C2)cc1)C(=O)O. The van der Waals surface area contributed by atoms with Gasteiger partial charge in [-0.1, -0.05) is 12.1 Å². The molecule has 1 aromatic carbocycles. The van der Waals surface area contributed by atoms with Crippen molar-refractivity contribution >= 4 is 11.8 Å². The van der Waals surface area contributed by atoms with Crippen molar-refractivity contribution in [3.63, 3.8) is 0 Å². The Morgan fingerprint density at radius 1 is 1.35 bits per heavy atom. The molecule has 3 N–H and O–H groups in total. The summed E-state index contributed by atoms with van der Waals surface area (Å²) in [5, 5.41) is 9.28. The van der Waals surface area contributed by atoms with Crippen LogP contribution in [0.15, 0.2) is 24.3 Å². The van der Waals surface area contributed by atoms with Gasteiger partial charge in [-0.05, 0) is 37.5 Å². The third-order valence-electron chi connectivity index (χ3n) is 4.16. The fraction of sp³-hybridized carbons (Fsp3) is 0.529. The summed E-state index contributed by atoms with van der Waals surface area (Å²) in [5.41, 5.74) is 6.49. The van der Waals surface area contributed by atoms with Gasteiger partial charge in [0.05, 0.1) is 12.0 Å². The van der Waals surface area contributed by atoms with Crippen LogP contribution in [-0.4, -0.2) is 35.2 Å². The molecule has 0 spiro atoms. The van der Waals surface area contributed by atoms with E-state index in [1.54, 1.807) is 24.3 Å². The number of benzene rings is 1. The Balaban J connectivity index is 1.92. The number of rotatable bonds is 8. The van der Waals surface area contributed by atoms with Gasteiger partial charge in [-0.3, -0.25) is 9.59 Å². The number of carboxylic acid groups (broad SMARTS) is 1. The molecule has 126 valence electrons. The Kier molecular flexibility index (Phi) is 5.71. The Morgan fingerprint density at radius 2 is 1.96 bits per heavy atom. The standard InChI is InChI=1S/C17H22FNO4/c1-10(20)16(19)7-12(17(21)22)6-11-2-4-14(5-3-11)23-15-8-13(18)9-15/h2-5,12-13,15-16H,6-9,19H2,1H3,(H,21,22)/t12-,13-,15+,16-/m0/s1/i18-1. The van der Waals surface area contributed by atoms with Gasteiger partial charge in [-0.2, -0.15) is 0 Å². The number of hydrogen-bond donors (Lipinski definition) is 2. The molecule has 0 aromatic heterocycles. The van der Waals surface area contributed by atoms with E-state index >= 15 is 0 Å². The zero-order chi connectivity index (χ0) is 17.0. The van der Waals surface area contributed by atoms with Crippen LogP contribution in [0.1, 0.15) is 31.7 Å². The van der Waals surface area contributed by atoms with Crippen LogP contribution in [0.25, 0.3) is 0 Å². The van der Waals surface area contributed by atoms with Crippen molar-refractivity contribution < 1.29 is 23.8 Å². The Bertz CT molecular complexity index is 554. The van der Waals surface area contributed by atoms with Crippen molar-refractivity contribution in [2.45, 2.75) is 50.9 Å². The van der Waals surface area contributed by atoms with Crippen LogP contribution >= 0.6 is 0 Å². The first-order valence-electron chi connectivity index (χ1n) is 7.73. The van der Waals surface area contributed by atoms with Gasteiger partial charge >= 0.3 is 5.97 Å². The van der Waals surface area contributed by atoms with Crippen LogP contribution in [0.3, 0.4) is 0 Å². The van der Waals surface area contributed by atoms with Crippen molar-refractivity contribution in [2.75, 3.05) is 0 Å². The molecule has 0 heterocycles. The summed E-state index contributed by atoms with van der Waals surface area (Å²) in [6, 6.07) is 6.33. The van der Waals surface area contributed by atoms with Gasteiger partial charge in [0.2, 0.25) is 0 Å². The molecular formula is C17H22FNO4. The van der Waals surface area contributed by atoms with Crippen LogP contribution < -0.4 is 10.5 Å². The van der Waals surface area contributed by atoms with E-state index in [4.69, 9.17) is 10.5 Å². The fourth-order valence-corrected chi connectivity index (χ4v) is 2.52. The molecule has 0 amide bonds. The summed E-state index contributed by atoms with van der Waals surface area (Å²) < 4.78 is 18.3. The number of halogens is 1. The van der Waals surface area contributed by atoms with E-state index in [2.05, 4.69) is 0 Å². The number of ether oxygens (including phenoxy) is 1. The predicted octanol–water partition coefficient (Wildman–Crippen LogP) is 2.12. The predicted molar refractivity (Wildman–Crippen MR) is 83.1 cm³/mol. The number of Topliss-reactive ketones (excluding diaryl/α,β-unsaturated/α-hetero) is 1. The number of aliphatic carboxylic acids is 1. The maximum Gasteiger partial charge on any atom is 0.306 e. The number of carbonyl (C=O) groups is 2. The van der Waals surface area contributed by atoms with E-state index in [9.17, 15) is 19.1 Å². The molecule has 1 fully saturated rings. The van der Waals surface area contributed by atoms with Crippen LogP contribution in [0.4, 0.5) is 4.39 Å². The first kappa shape index (κ1) is 17.4. The van der Waals surface area contributed by atoms with Gasteiger partial charge in [0.1, 0.15) is 23.8 Å². The van der Waals surface area contributed by atoms with Crippen LogP contribution in [0.2, 0.25) is 0 Å².